The van der Waals surface area contributed by atoms with Crippen molar-refractivity contribution in [2.45, 2.75) is 23.8 Å². The van der Waals surface area contributed by atoms with Crippen molar-refractivity contribution in [3.8, 4) is 5.69 Å². The van der Waals surface area contributed by atoms with Gasteiger partial charge in [-0.05, 0) is 48.7 Å². The Hall–Kier alpha value is -2.68. The molecule has 0 aliphatic heterocycles. The zero-order valence-electron chi connectivity index (χ0n) is 16.5. The number of anilines is 1. The van der Waals surface area contributed by atoms with Crippen LogP contribution in [0.4, 0.5) is 10.1 Å². The van der Waals surface area contributed by atoms with Crippen molar-refractivity contribution in [3.05, 3.63) is 87.6 Å². The van der Waals surface area contributed by atoms with Gasteiger partial charge in [-0.1, -0.05) is 47.6 Å². The van der Waals surface area contributed by atoms with Crippen LogP contribution in [0.2, 0.25) is 5.02 Å². The zero-order chi connectivity index (χ0) is 21.8. The van der Waals surface area contributed by atoms with Crippen LogP contribution in [-0.4, -0.2) is 25.9 Å². The summed E-state index contributed by atoms with van der Waals surface area (Å²) in [4.78, 5) is 13.8. The molecule has 5 nitrogen and oxygen atoms in total. The van der Waals surface area contributed by atoms with Crippen LogP contribution in [0, 0.1) is 5.82 Å². The molecule has 0 spiro atoms. The minimum atomic E-state index is -0.580. The lowest BCUT2D eigenvalue weighted by Gasteiger charge is -2.14. The van der Waals surface area contributed by atoms with Crippen molar-refractivity contribution in [3.63, 3.8) is 0 Å². The summed E-state index contributed by atoms with van der Waals surface area (Å²) in [5, 5.41) is 13.7. The first-order chi connectivity index (χ1) is 15.0. The Morgan fingerprint density at radius 3 is 2.71 bits per heavy atom. The molecule has 9 heteroatoms. The number of thiophene rings is 1. The molecule has 1 amide bonds. The van der Waals surface area contributed by atoms with E-state index >= 15 is 0 Å². The zero-order valence-corrected chi connectivity index (χ0v) is 18.8. The summed E-state index contributed by atoms with van der Waals surface area (Å²) in [5.74, 6) is -0.134. The number of para-hydroxylation sites is 1. The van der Waals surface area contributed by atoms with Crippen LogP contribution in [-0.2, 0) is 11.2 Å². The smallest absolute Gasteiger partial charge is 0.237 e. The molecule has 0 saturated heterocycles. The third-order valence-electron chi connectivity index (χ3n) is 4.47. The van der Waals surface area contributed by atoms with Crippen LogP contribution in [0.5, 0.6) is 0 Å². The predicted molar refractivity (Wildman–Crippen MR) is 124 cm³/mol. The van der Waals surface area contributed by atoms with Crippen molar-refractivity contribution in [2.75, 3.05) is 5.32 Å². The molecular formula is C22H18ClFN4OS2. The fourth-order valence-corrected chi connectivity index (χ4v) is 4.68. The highest BCUT2D eigenvalue weighted by molar-refractivity contribution is 8.00. The average Bonchev–Trinajstić information content (AvgIpc) is 3.41. The summed E-state index contributed by atoms with van der Waals surface area (Å²) in [6, 6.07) is 18.0. The number of hydrogen-bond acceptors (Lipinski definition) is 5. The topological polar surface area (TPSA) is 59.8 Å². The van der Waals surface area contributed by atoms with Gasteiger partial charge in [-0.15, -0.1) is 21.5 Å². The summed E-state index contributed by atoms with van der Waals surface area (Å²) in [7, 11) is 0. The molecule has 0 aliphatic carbocycles. The maximum Gasteiger partial charge on any atom is 0.237 e. The van der Waals surface area contributed by atoms with Crippen molar-refractivity contribution in [1.82, 2.24) is 14.8 Å². The van der Waals surface area contributed by atoms with E-state index < -0.39 is 11.1 Å². The van der Waals surface area contributed by atoms with Gasteiger partial charge >= 0.3 is 0 Å². The Bertz CT molecular complexity index is 1180. The number of amides is 1. The molecular weight excluding hydrogens is 455 g/mol. The molecule has 0 fully saturated rings. The molecule has 1 N–H and O–H groups in total. The van der Waals surface area contributed by atoms with Crippen molar-refractivity contribution in [2.24, 2.45) is 0 Å². The summed E-state index contributed by atoms with van der Waals surface area (Å²) in [6.07, 6.45) is 0.636. The number of thioether (sulfide) groups is 1. The maximum absolute atomic E-state index is 14.0. The Kier molecular flexibility index (Phi) is 6.70. The molecule has 2 heterocycles. The quantitative estimate of drug-likeness (QED) is 0.344. The molecule has 4 rings (SSSR count). The van der Waals surface area contributed by atoms with Crippen molar-refractivity contribution < 1.29 is 9.18 Å². The second kappa shape index (κ2) is 9.64. The number of carbonyl (C=O) groups excluding carboxylic acids is 1. The van der Waals surface area contributed by atoms with Crippen LogP contribution in [0.1, 0.15) is 17.6 Å². The second-order valence-corrected chi connectivity index (χ2v) is 9.48. The molecule has 158 valence electrons. The molecule has 0 unspecified atom stereocenters. The van der Waals surface area contributed by atoms with Crippen LogP contribution < -0.4 is 5.32 Å². The van der Waals surface area contributed by atoms with E-state index in [2.05, 4.69) is 21.6 Å². The van der Waals surface area contributed by atoms with Gasteiger partial charge in [0, 0.05) is 22.0 Å². The molecule has 31 heavy (non-hydrogen) atoms. The fourth-order valence-electron chi connectivity index (χ4n) is 2.93. The summed E-state index contributed by atoms with van der Waals surface area (Å²) >= 11 is 8.70. The normalized spacial score (nSPS) is 12.0. The lowest BCUT2D eigenvalue weighted by atomic mass is 10.3. The molecule has 2 aromatic carbocycles. The summed E-state index contributed by atoms with van der Waals surface area (Å²) in [5.41, 5.74) is 1.00. The highest BCUT2D eigenvalue weighted by atomic mass is 35.5. The lowest BCUT2D eigenvalue weighted by molar-refractivity contribution is -0.115. The molecule has 0 saturated carbocycles. The maximum atomic E-state index is 14.0. The third kappa shape index (κ3) is 5.15. The first kappa shape index (κ1) is 21.5. The molecule has 4 aromatic rings. The Morgan fingerprint density at radius 2 is 2.00 bits per heavy atom. The summed E-state index contributed by atoms with van der Waals surface area (Å²) < 4.78 is 16.0. The SMILES string of the molecule is C[C@@H](Sc1nnc(Cc2cccs2)n1-c1ccccc1)C(=O)Nc1ccc(Cl)cc1F. The van der Waals surface area contributed by atoms with Gasteiger partial charge in [0.25, 0.3) is 0 Å². The van der Waals surface area contributed by atoms with Gasteiger partial charge in [0.15, 0.2) is 5.16 Å². The number of carbonyl (C=O) groups is 1. The van der Waals surface area contributed by atoms with E-state index in [-0.39, 0.29) is 16.6 Å². The Labute approximate surface area is 192 Å². The van der Waals surface area contributed by atoms with E-state index in [1.54, 1.807) is 18.3 Å². The monoisotopic (exact) mass is 472 g/mol. The molecule has 0 aliphatic rings. The van der Waals surface area contributed by atoms with Gasteiger partial charge in [-0.2, -0.15) is 0 Å². The summed E-state index contributed by atoms with van der Waals surface area (Å²) in [6.45, 7) is 1.75. The number of nitrogens with one attached hydrogen (secondary N) is 1. The number of benzene rings is 2. The average molecular weight is 473 g/mol. The standard InChI is InChI=1S/C22H18ClFN4OS2/c1-14(21(29)25-19-10-9-15(23)12-18(19)24)31-22-27-26-20(13-17-8-5-11-30-17)28(22)16-6-3-2-4-7-16/h2-12,14H,13H2,1H3,(H,25,29)/t14-/m1/s1. The number of hydrogen-bond donors (Lipinski definition) is 1. The van der Waals surface area contributed by atoms with Crippen LogP contribution in [0.3, 0.4) is 0 Å². The first-order valence-corrected chi connectivity index (χ1v) is 11.6. The van der Waals surface area contributed by atoms with E-state index in [9.17, 15) is 9.18 Å². The number of aromatic nitrogens is 3. The van der Waals surface area contributed by atoms with Gasteiger partial charge in [-0.25, -0.2) is 4.39 Å². The minimum Gasteiger partial charge on any atom is -0.323 e. The van der Waals surface area contributed by atoms with Crippen LogP contribution >= 0.6 is 34.7 Å². The molecule has 1 atom stereocenters. The lowest BCUT2D eigenvalue weighted by Crippen LogP contribution is -2.23. The van der Waals surface area contributed by atoms with Gasteiger partial charge < -0.3 is 5.32 Å². The Balaban J connectivity index is 1.57. The van der Waals surface area contributed by atoms with E-state index in [0.29, 0.717) is 11.6 Å². The number of rotatable bonds is 7. The number of nitrogens with zero attached hydrogens (tertiary/aromatic N) is 3. The highest BCUT2D eigenvalue weighted by Crippen LogP contribution is 2.28. The largest absolute Gasteiger partial charge is 0.323 e. The van der Waals surface area contributed by atoms with Gasteiger partial charge in [-0.3, -0.25) is 9.36 Å². The van der Waals surface area contributed by atoms with E-state index in [1.807, 2.05) is 46.3 Å². The van der Waals surface area contributed by atoms with E-state index in [1.165, 1.54) is 28.8 Å². The van der Waals surface area contributed by atoms with E-state index in [4.69, 9.17) is 11.6 Å². The van der Waals surface area contributed by atoms with Gasteiger partial charge in [0.05, 0.1) is 10.9 Å². The minimum absolute atomic E-state index is 0.0877. The molecule has 0 bridgehead atoms. The molecule has 0 radical (unpaired) electrons. The van der Waals surface area contributed by atoms with Gasteiger partial charge in [0.1, 0.15) is 11.6 Å². The van der Waals surface area contributed by atoms with Crippen molar-refractivity contribution >= 4 is 46.3 Å². The predicted octanol–water partition coefficient (Wildman–Crippen LogP) is 5.83. The fraction of sp³-hybridized carbons (Fsp3) is 0.136. The number of halogens is 2. The van der Waals surface area contributed by atoms with E-state index in [0.717, 1.165) is 17.6 Å². The van der Waals surface area contributed by atoms with Crippen LogP contribution in [0.25, 0.3) is 5.69 Å². The third-order valence-corrected chi connectivity index (χ3v) is 6.62. The Morgan fingerprint density at radius 1 is 1.19 bits per heavy atom. The molecule has 2 aromatic heterocycles. The van der Waals surface area contributed by atoms with Crippen LogP contribution in [0.15, 0.2) is 71.2 Å². The van der Waals surface area contributed by atoms with Gasteiger partial charge in [0.2, 0.25) is 5.91 Å². The van der Waals surface area contributed by atoms with Crippen molar-refractivity contribution in [1.29, 1.82) is 0 Å². The first-order valence-electron chi connectivity index (χ1n) is 9.46. The second-order valence-electron chi connectivity index (χ2n) is 6.70. The highest BCUT2D eigenvalue weighted by Gasteiger charge is 2.22.